The van der Waals surface area contributed by atoms with Crippen LogP contribution in [0.25, 0.3) is 0 Å². The van der Waals surface area contributed by atoms with Gasteiger partial charge in [0.05, 0.1) is 21.8 Å². The van der Waals surface area contributed by atoms with Crippen LogP contribution >= 0.6 is 11.6 Å². The fraction of sp³-hybridized carbons (Fsp3) is 0.400. The first-order valence-electron chi connectivity index (χ1n) is 15.9. The molecule has 2 fully saturated rings. The second kappa shape index (κ2) is 14.8. The second-order valence-electron chi connectivity index (χ2n) is 13.1. The molecule has 2 aliphatic heterocycles. The zero-order valence-electron chi connectivity index (χ0n) is 27.1. The van der Waals surface area contributed by atoms with Gasteiger partial charge in [0.2, 0.25) is 5.91 Å². The van der Waals surface area contributed by atoms with E-state index in [1.165, 1.54) is 12.1 Å². The van der Waals surface area contributed by atoms with Crippen LogP contribution in [0.5, 0.6) is 0 Å². The summed E-state index contributed by atoms with van der Waals surface area (Å²) in [6, 6.07) is 12.2. The summed E-state index contributed by atoms with van der Waals surface area (Å²) in [5.74, 6) is -5.86. The molecular formula is C35H37ClF3N3O6S. The summed E-state index contributed by atoms with van der Waals surface area (Å²) >= 11 is 6.36. The molecular weight excluding hydrogens is 683 g/mol. The van der Waals surface area contributed by atoms with Crippen molar-refractivity contribution in [1.82, 2.24) is 10.2 Å². The lowest BCUT2D eigenvalue weighted by Crippen LogP contribution is -2.57. The third-order valence-corrected chi connectivity index (χ3v) is 11.6. The normalized spacial score (nSPS) is 20.9. The van der Waals surface area contributed by atoms with Gasteiger partial charge < -0.3 is 20.3 Å². The van der Waals surface area contributed by atoms with Crippen LogP contribution in [0, 0.1) is 29.3 Å². The molecule has 2 N–H and O–H groups in total. The molecule has 0 aliphatic carbocycles. The van der Waals surface area contributed by atoms with Crippen molar-refractivity contribution in [3.63, 3.8) is 0 Å². The van der Waals surface area contributed by atoms with Crippen LogP contribution in [0.3, 0.4) is 0 Å². The van der Waals surface area contributed by atoms with Gasteiger partial charge in [-0.05, 0) is 54.9 Å². The number of carbonyl (C=O) groups is 3. The Morgan fingerprint density at radius 3 is 2.29 bits per heavy atom. The Balaban J connectivity index is 1.36. The Morgan fingerprint density at radius 2 is 1.65 bits per heavy atom. The Morgan fingerprint density at radius 1 is 0.980 bits per heavy atom. The number of hydrogen-bond acceptors (Lipinski definition) is 6. The minimum absolute atomic E-state index is 0.0384. The molecule has 0 saturated carbocycles. The van der Waals surface area contributed by atoms with Crippen LogP contribution in [0.15, 0.2) is 65.6 Å². The van der Waals surface area contributed by atoms with E-state index in [0.717, 1.165) is 11.6 Å². The Kier molecular flexibility index (Phi) is 10.9. The second-order valence-corrected chi connectivity index (χ2v) is 15.7. The maximum absolute atomic E-state index is 14.2. The number of hydrogen-bond donors (Lipinski definition) is 2. The first kappa shape index (κ1) is 36.2. The SMILES string of the molecule is CC(C)COC(=O)N[C@@H](Cc1ccccc1)C(=O)N1C2C[C@@H](S(=O)(=O)c3cc(C(=O)Nc4cc(F)c(F)c(F)c4)ccc3Cl)CC1[C@@H](C)C2. The lowest BCUT2D eigenvalue weighted by Gasteiger charge is -2.41. The van der Waals surface area contributed by atoms with Crippen LogP contribution in [-0.4, -0.2) is 61.2 Å². The van der Waals surface area contributed by atoms with Gasteiger partial charge in [-0.2, -0.15) is 0 Å². The first-order chi connectivity index (χ1) is 23.1. The van der Waals surface area contributed by atoms with Gasteiger partial charge in [-0.15, -0.1) is 0 Å². The van der Waals surface area contributed by atoms with Gasteiger partial charge in [-0.1, -0.05) is 62.7 Å². The summed E-state index contributed by atoms with van der Waals surface area (Å²) in [7, 11) is -4.15. The number of fused-ring (bicyclic) bond motifs is 2. The van der Waals surface area contributed by atoms with Crippen molar-refractivity contribution in [3.8, 4) is 0 Å². The number of carbonyl (C=O) groups excluding carboxylic acids is 3. The van der Waals surface area contributed by atoms with Gasteiger partial charge in [0.25, 0.3) is 5.91 Å². The maximum Gasteiger partial charge on any atom is 0.407 e. The van der Waals surface area contributed by atoms with E-state index < -0.39 is 62.7 Å². The smallest absolute Gasteiger partial charge is 0.407 e. The molecule has 5 rings (SSSR count). The third kappa shape index (κ3) is 8.04. The molecule has 3 aromatic carbocycles. The summed E-state index contributed by atoms with van der Waals surface area (Å²) in [5.41, 5.74) is 0.309. The molecule has 0 radical (unpaired) electrons. The van der Waals surface area contributed by atoms with Crippen molar-refractivity contribution in [2.75, 3.05) is 11.9 Å². The molecule has 262 valence electrons. The number of amides is 3. The molecule has 5 atom stereocenters. The van der Waals surface area contributed by atoms with E-state index in [4.69, 9.17) is 16.3 Å². The Hall–Kier alpha value is -4.10. The first-order valence-corrected chi connectivity index (χ1v) is 17.9. The number of rotatable bonds is 10. The average Bonchev–Trinajstić information content (AvgIpc) is 3.25. The van der Waals surface area contributed by atoms with Gasteiger partial charge in [0, 0.05) is 41.9 Å². The quantitative estimate of drug-likeness (QED) is 0.230. The zero-order valence-corrected chi connectivity index (χ0v) is 28.7. The number of ether oxygens (including phenoxy) is 1. The van der Waals surface area contributed by atoms with Crippen molar-refractivity contribution < 1.29 is 40.7 Å². The number of nitrogens with zero attached hydrogens (tertiary/aromatic N) is 1. The number of piperidine rings is 1. The number of sulfone groups is 1. The summed E-state index contributed by atoms with van der Waals surface area (Å²) < 4.78 is 74.2. The Labute approximate surface area is 288 Å². The van der Waals surface area contributed by atoms with Crippen LogP contribution in [0.2, 0.25) is 5.02 Å². The highest BCUT2D eigenvalue weighted by Gasteiger charge is 2.51. The van der Waals surface area contributed by atoms with Gasteiger partial charge >= 0.3 is 6.09 Å². The molecule has 49 heavy (non-hydrogen) atoms. The fourth-order valence-electron chi connectivity index (χ4n) is 6.60. The minimum atomic E-state index is -4.15. The summed E-state index contributed by atoms with van der Waals surface area (Å²) in [5, 5.41) is 3.91. The van der Waals surface area contributed by atoms with Gasteiger partial charge in [0.1, 0.15) is 6.04 Å². The van der Waals surface area contributed by atoms with Crippen LogP contribution in [0.4, 0.5) is 23.7 Å². The van der Waals surface area contributed by atoms with Crippen molar-refractivity contribution in [1.29, 1.82) is 0 Å². The average molecular weight is 720 g/mol. The van der Waals surface area contributed by atoms with Crippen LogP contribution in [0.1, 0.15) is 56.0 Å². The monoisotopic (exact) mass is 719 g/mol. The van der Waals surface area contributed by atoms with Crippen molar-refractivity contribution in [2.24, 2.45) is 11.8 Å². The molecule has 2 aliphatic rings. The Bertz CT molecular complexity index is 1820. The lowest BCUT2D eigenvalue weighted by atomic mass is 9.96. The van der Waals surface area contributed by atoms with Crippen LogP contribution < -0.4 is 10.6 Å². The highest BCUT2D eigenvalue weighted by atomic mass is 35.5. The van der Waals surface area contributed by atoms with E-state index in [1.54, 1.807) is 4.90 Å². The van der Waals surface area contributed by atoms with Gasteiger partial charge in [-0.3, -0.25) is 9.59 Å². The molecule has 14 heteroatoms. The number of alkyl carbamates (subject to hydrolysis) is 1. The molecule has 2 heterocycles. The highest BCUT2D eigenvalue weighted by molar-refractivity contribution is 7.92. The fourth-order valence-corrected chi connectivity index (χ4v) is 8.95. The summed E-state index contributed by atoms with van der Waals surface area (Å²) in [4.78, 5) is 41.2. The minimum Gasteiger partial charge on any atom is -0.449 e. The van der Waals surface area contributed by atoms with E-state index in [0.29, 0.717) is 18.6 Å². The molecule has 0 aromatic heterocycles. The molecule has 3 amide bonds. The molecule has 3 aromatic rings. The summed E-state index contributed by atoms with van der Waals surface area (Å²) in [6.07, 6.45) is 0.256. The van der Waals surface area contributed by atoms with Gasteiger partial charge in [0.15, 0.2) is 27.3 Å². The summed E-state index contributed by atoms with van der Waals surface area (Å²) in [6.45, 7) is 5.93. The van der Waals surface area contributed by atoms with E-state index in [2.05, 4.69) is 10.6 Å². The molecule has 2 unspecified atom stereocenters. The van der Waals surface area contributed by atoms with Crippen LogP contribution in [-0.2, 0) is 25.8 Å². The number of nitrogens with one attached hydrogen (secondary N) is 2. The van der Waals surface area contributed by atoms with Crippen molar-refractivity contribution in [3.05, 3.63) is 94.3 Å². The highest BCUT2D eigenvalue weighted by Crippen LogP contribution is 2.44. The number of benzene rings is 3. The molecule has 2 bridgehead atoms. The lowest BCUT2D eigenvalue weighted by molar-refractivity contribution is -0.138. The van der Waals surface area contributed by atoms with Crippen molar-refractivity contribution in [2.45, 2.75) is 74.7 Å². The van der Waals surface area contributed by atoms with E-state index in [1.807, 2.05) is 51.1 Å². The topological polar surface area (TPSA) is 122 Å². The number of halogens is 4. The number of anilines is 1. The standard InChI is InChI=1S/C35H37ClF3N3O6S/c1-19(2)18-48-35(45)41-29(12-21-7-5-4-6-8-21)34(44)42-24-11-20(3)30(42)17-25(16-24)49(46,47)31-13-22(9-10-26(31)36)33(43)40-23-14-27(37)32(39)28(38)15-23/h4-10,13-15,19-20,24-25,29-30H,11-12,16-18H2,1-3H3,(H,40,43)(H,41,45)/t20-,24?,25+,29-,30?/m0/s1. The molecule has 0 spiro atoms. The largest absolute Gasteiger partial charge is 0.449 e. The van der Waals surface area contributed by atoms with E-state index in [9.17, 15) is 36.0 Å². The van der Waals surface area contributed by atoms with Gasteiger partial charge in [-0.25, -0.2) is 26.4 Å². The van der Waals surface area contributed by atoms with Crippen molar-refractivity contribution >= 4 is 45.0 Å². The molecule has 9 nitrogen and oxygen atoms in total. The van der Waals surface area contributed by atoms with E-state index >= 15 is 0 Å². The molecule has 2 saturated heterocycles. The third-order valence-electron chi connectivity index (χ3n) is 8.95. The predicted octanol–water partition coefficient (Wildman–Crippen LogP) is 6.54. The zero-order chi connectivity index (χ0) is 35.6. The maximum atomic E-state index is 14.2. The predicted molar refractivity (Wildman–Crippen MR) is 177 cm³/mol. The van der Waals surface area contributed by atoms with E-state index in [-0.39, 0.29) is 64.8 Å².